The molecule has 156 valence electrons. The zero-order valence-corrected chi connectivity index (χ0v) is 19.3. The average Bonchev–Trinajstić information content (AvgIpc) is 2.88. The fourth-order valence-electron chi connectivity index (χ4n) is 3.66. The molecule has 0 spiro atoms. The van der Waals surface area contributed by atoms with Crippen LogP contribution < -0.4 is 5.32 Å². The van der Waals surface area contributed by atoms with Crippen molar-refractivity contribution in [3.8, 4) is 0 Å². The van der Waals surface area contributed by atoms with Crippen molar-refractivity contribution < 1.29 is 23.9 Å². The van der Waals surface area contributed by atoms with Crippen molar-refractivity contribution in [3.05, 3.63) is 29.3 Å². The van der Waals surface area contributed by atoms with E-state index in [-0.39, 0.29) is 21.5 Å². The van der Waals surface area contributed by atoms with Crippen molar-refractivity contribution in [1.82, 2.24) is 4.90 Å². The van der Waals surface area contributed by atoms with E-state index in [1.54, 1.807) is 6.07 Å². The smallest absolute Gasteiger partial charge is 0.326 e. The molecule has 1 aromatic rings. The number of amides is 3. The Hall–Kier alpha value is -1.74. The zero-order valence-electron chi connectivity index (χ0n) is 16.1. The normalized spacial score (nSPS) is 26.3. The number of likely N-dealkylation sites (tertiary alicyclic amines) is 1. The summed E-state index contributed by atoms with van der Waals surface area (Å²) in [6.45, 7) is 2.95. The summed E-state index contributed by atoms with van der Waals surface area (Å²) < 4.78 is 4.97. The maximum absolute atomic E-state index is 12.6. The van der Waals surface area contributed by atoms with Gasteiger partial charge in [-0.1, -0.05) is 37.9 Å². The number of hydrogen-bond acceptors (Lipinski definition) is 5. The van der Waals surface area contributed by atoms with Crippen LogP contribution in [0.2, 0.25) is 0 Å². The Morgan fingerprint density at radius 2 is 1.66 bits per heavy atom. The number of rotatable bonds is 5. The lowest BCUT2D eigenvalue weighted by molar-refractivity contribution is -0.154. The predicted molar refractivity (Wildman–Crippen MR) is 114 cm³/mol. The van der Waals surface area contributed by atoms with Crippen LogP contribution in [0.4, 0.5) is 5.69 Å². The Kier molecular flexibility index (Phi) is 6.78. The van der Waals surface area contributed by atoms with E-state index >= 15 is 0 Å². The minimum atomic E-state index is -0.786. The highest BCUT2D eigenvalue weighted by Crippen LogP contribution is 2.43. The van der Waals surface area contributed by atoms with Crippen molar-refractivity contribution in [1.29, 1.82) is 0 Å². The van der Waals surface area contributed by atoms with Crippen LogP contribution in [0, 0.1) is 25.7 Å². The highest BCUT2D eigenvalue weighted by molar-refractivity contribution is 9.12. The molecule has 0 radical (unpaired) electrons. The van der Waals surface area contributed by atoms with Gasteiger partial charge in [0.15, 0.2) is 6.61 Å². The molecule has 1 aliphatic heterocycles. The van der Waals surface area contributed by atoms with E-state index in [1.165, 1.54) is 0 Å². The fraction of sp³-hybridized carbons (Fsp3) is 0.500. The molecule has 3 rings (SSSR count). The second kappa shape index (κ2) is 8.95. The number of benzene rings is 1. The number of hydrogen-bond donors (Lipinski definition) is 1. The van der Waals surface area contributed by atoms with Crippen LogP contribution in [0.3, 0.4) is 0 Å². The monoisotopic (exact) mass is 528 g/mol. The van der Waals surface area contributed by atoms with Crippen LogP contribution in [0.5, 0.6) is 0 Å². The van der Waals surface area contributed by atoms with Crippen LogP contribution >= 0.6 is 31.9 Å². The third-order valence-corrected chi connectivity index (χ3v) is 8.18. The third-order valence-electron chi connectivity index (χ3n) is 5.44. The molecule has 4 atom stereocenters. The number of carbonyl (C=O) groups excluding carboxylic acids is 4. The van der Waals surface area contributed by atoms with E-state index in [1.807, 2.05) is 26.0 Å². The number of nitrogens with zero attached hydrogens (tertiary/aromatic N) is 1. The van der Waals surface area contributed by atoms with Gasteiger partial charge in [-0.25, -0.2) is 0 Å². The van der Waals surface area contributed by atoms with E-state index in [0.717, 1.165) is 16.0 Å². The minimum absolute atomic E-state index is 0.0986. The van der Waals surface area contributed by atoms with Crippen LogP contribution in [0.15, 0.2) is 18.2 Å². The first kappa shape index (κ1) is 22.0. The maximum Gasteiger partial charge on any atom is 0.326 e. The van der Waals surface area contributed by atoms with Gasteiger partial charge in [-0.05, 0) is 49.9 Å². The summed E-state index contributed by atoms with van der Waals surface area (Å²) in [4.78, 5) is 50.4. The van der Waals surface area contributed by atoms with Gasteiger partial charge in [0.1, 0.15) is 6.54 Å². The van der Waals surface area contributed by atoms with Gasteiger partial charge in [0.05, 0.1) is 11.8 Å². The number of aryl methyl sites for hydroxylation is 2. The highest BCUT2D eigenvalue weighted by atomic mass is 79.9. The lowest BCUT2D eigenvalue weighted by atomic mass is 9.81. The largest absolute Gasteiger partial charge is 0.454 e. The average molecular weight is 530 g/mol. The Balaban J connectivity index is 1.51. The van der Waals surface area contributed by atoms with Crippen molar-refractivity contribution >= 4 is 61.2 Å². The summed E-state index contributed by atoms with van der Waals surface area (Å²) >= 11 is 7.04. The topological polar surface area (TPSA) is 92.8 Å². The van der Waals surface area contributed by atoms with E-state index < -0.39 is 36.9 Å². The molecule has 1 N–H and O–H groups in total. The molecule has 3 amide bonds. The van der Waals surface area contributed by atoms with Crippen molar-refractivity contribution in [2.45, 2.75) is 36.3 Å². The van der Waals surface area contributed by atoms with E-state index in [4.69, 9.17) is 4.74 Å². The quantitative estimate of drug-likeness (QED) is 0.359. The summed E-state index contributed by atoms with van der Waals surface area (Å²) in [5.41, 5.74) is 2.74. The number of carbonyl (C=O) groups is 4. The molecule has 0 bridgehead atoms. The molecule has 2 fully saturated rings. The second-order valence-electron chi connectivity index (χ2n) is 7.49. The van der Waals surface area contributed by atoms with Crippen molar-refractivity contribution in [2.24, 2.45) is 11.8 Å². The van der Waals surface area contributed by atoms with Gasteiger partial charge in [0.25, 0.3) is 5.91 Å². The first-order chi connectivity index (χ1) is 13.7. The molecule has 1 aromatic carbocycles. The lowest BCUT2D eigenvalue weighted by Gasteiger charge is -2.29. The maximum atomic E-state index is 12.6. The lowest BCUT2D eigenvalue weighted by Crippen LogP contribution is -2.37. The molecule has 1 saturated carbocycles. The van der Waals surface area contributed by atoms with E-state index in [9.17, 15) is 19.2 Å². The molecule has 2 aliphatic rings. The predicted octanol–water partition coefficient (Wildman–Crippen LogP) is 2.71. The van der Waals surface area contributed by atoms with Crippen LogP contribution in [-0.2, 0) is 23.9 Å². The molecule has 1 saturated heterocycles. The van der Waals surface area contributed by atoms with Crippen LogP contribution in [-0.4, -0.2) is 51.4 Å². The summed E-state index contributed by atoms with van der Waals surface area (Å²) in [7, 11) is 0. The molecule has 0 unspecified atom stereocenters. The molecular formula is C20H22Br2N2O5. The van der Waals surface area contributed by atoms with Gasteiger partial charge in [0, 0.05) is 15.3 Å². The summed E-state index contributed by atoms with van der Waals surface area (Å²) in [5.74, 6) is -2.80. The number of imide groups is 1. The number of alkyl halides is 2. The van der Waals surface area contributed by atoms with Gasteiger partial charge in [0.2, 0.25) is 11.8 Å². The third kappa shape index (κ3) is 4.88. The number of nitrogens with one attached hydrogen (secondary N) is 1. The molecule has 7 nitrogen and oxygen atoms in total. The SMILES string of the molecule is Cc1ccc(NC(=O)COC(=O)CN2C(=O)[C@H]3C[C@H](Br)[C@@H](Br)C[C@H]3C2=O)cc1C. The summed E-state index contributed by atoms with van der Waals surface area (Å²) in [5, 5.41) is 2.65. The number of esters is 1. The zero-order chi connectivity index (χ0) is 21.3. The van der Waals surface area contributed by atoms with Crippen molar-refractivity contribution in [3.63, 3.8) is 0 Å². The fourth-order valence-corrected chi connectivity index (χ4v) is 4.89. The Morgan fingerprint density at radius 1 is 1.07 bits per heavy atom. The summed E-state index contributed by atoms with van der Waals surface area (Å²) in [6.07, 6.45) is 1.07. The first-order valence-electron chi connectivity index (χ1n) is 9.33. The van der Waals surface area contributed by atoms with Crippen LogP contribution in [0.1, 0.15) is 24.0 Å². The number of anilines is 1. The Bertz CT molecular complexity index is 831. The first-order valence-corrected chi connectivity index (χ1v) is 11.2. The van der Waals surface area contributed by atoms with Gasteiger partial charge in [-0.3, -0.25) is 24.1 Å². The van der Waals surface area contributed by atoms with Gasteiger partial charge in [-0.15, -0.1) is 0 Å². The van der Waals surface area contributed by atoms with Gasteiger partial charge in [-0.2, -0.15) is 0 Å². The molecule has 0 aromatic heterocycles. The highest BCUT2D eigenvalue weighted by Gasteiger charge is 2.52. The standard InChI is InChI=1S/C20H22Br2N2O5/c1-10-3-4-12(5-11(10)2)23-17(25)9-29-18(26)8-24-19(27)13-6-15(21)16(22)7-14(13)20(24)28/h3-5,13-16H,6-9H2,1-2H3,(H,23,25)/t13-,14+,15-,16-/m0/s1. The Labute approximate surface area is 185 Å². The van der Waals surface area contributed by atoms with E-state index in [0.29, 0.717) is 18.5 Å². The molecule has 29 heavy (non-hydrogen) atoms. The second-order valence-corrected chi connectivity index (χ2v) is 9.84. The molecule has 1 heterocycles. The summed E-state index contributed by atoms with van der Waals surface area (Å²) in [6, 6.07) is 5.47. The van der Waals surface area contributed by atoms with Gasteiger partial charge < -0.3 is 10.1 Å². The number of halogens is 2. The molecule has 9 heteroatoms. The van der Waals surface area contributed by atoms with E-state index in [2.05, 4.69) is 37.2 Å². The minimum Gasteiger partial charge on any atom is -0.454 e. The number of fused-ring (bicyclic) bond motifs is 1. The number of ether oxygens (including phenoxy) is 1. The van der Waals surface area contributed by atoms with Gasteiger partial charge >= 0.3 is 5.97 Å². The molecule has 1 aliphatic carbocycles. The van der Waals surface area contributed by atoms with Crippen molar-refractivity contribution in [2.75, 3.05) is 18.5 Å². The molecular weight excluding hydrogens is 508 g/mol. The van der Waals surface area contributed by atoms with Crippen LogP contribution in [0.25, 0.3) is 0 Å². The Morgan fingerprint density at radius 3 is 2.21 bits per heavy atom.